The zero-order valence-electron chi connectivity index (χ0n) is 10.2. The van der Waals surface area contributed by atoms with Gasteiger partial charge in [-0.25, -0.2) is 0 Å². The van der Waals surface area contributed by atoms with Gasteiger partial charge in [-0.3, -0.25) is 0 Å². The second kappa shape index (κ2) is 4.94. The van der Waals surface area contributed by atoms with Gasteiger partial charge in [-0.1, -0.05) is 6.07 Å². The molecule has 1 aliphatic carbocycles. The van der Waals surface area contributed by atoms with Crippen LogP contribution in [0.2, 0.25) is 0 Å². The number of aliphatic hydroxyl groups is 1. The summed E-state index contributed by atoms with van der Waals surface area (Å²) in [6.07, 6.45) is 1.68. The molecule has 0 aromatic heterocycles. The van der Waals surface area contributed by atoms with Crippen LogP contribution in [0.5, 0.6) is 11.5 Å². The summed E-state index contributed by atoms with van der Waals surface area (Å²) < 4.78 is 10.4. The quantitative estimate of drug-likeness (QED) is 0.814. The third kappa shape index (κ3) is 2.53. The minimum atomic E-state index is -0.465. The van der Waals surface area contributed by atoms with Crippen molar-refractivity contribution in [3.8, 4) is 11.5 Å². The molecule has 1 aromatic carbocycles. The molecule has 3 N–H and O–H groups in total. The maximum Gasteiger partial charge on any atom is 0.161 e. The third-order valence-electron chi connectivity index (χ3n) is 3.27. The van der Waals surface area contributed by atoms with Gasteiger partial charge in [0.05, 0.1) is 26.4 Å². The van der Waals surface area contributed by atoms with Crippen LogP contribution >= 0.6 is 0 Å². The van der Waals surface area contributed by atoms with E-state index in [0.717, 1.165) is 18.4 Å². The lowest BCUT2D eigenvalue weighted by molar-refractivity contribution is 0.122. The van der Waals surface area contributed by atoms with Crippen molar-refractivity contribution >= 4 is 0 Å². The smallest absolute Gasteiger partial charge is 0.161 e. The van der Waals surface area contributed by atoms with Gasteiger partial charge in [0.25, 0.3) is 0 Å². The summed E-state index contributed by atoms with van der Waals surface area (Å²) in [4.78, 5) is 0. The van der Waals surface area contributed by atoms with Crippen molar-refractivity contribution in [2.24, 2.45) is 11.7 Å². The summed E-state index contributed by atoms with van der Waals surface area (Å²) in [5.74, 6) is 1.67. The molecule has 17 heavy (non-hydrogen) atoms. The lowest BCUT2D eigenvalue weighted by Crippen LogP contribution is -2.27. The zero-order valence-corrected chi connectivity index (χ0v) is 10.2. The highest BCUT2D eigenvalue weighted by molar-refractivity contribution is 5.44. The number of benzene rings is 1. The predicted octanol–water partition coefficient (Wildman–Crippen LogP) is 1.47. The fourth-order valence-electron chi connectivity index (χ4n) is 1.99. The molecule has 1 aromatic rings. The summed E-state index contributed by atoms with van der Waals surface area (Å²) in [5, 5.41) is 10.0. The molecule has 4 nitrogen and oxygen atoms in total. The van der Waals surface area contributed by atoms with Crippen LogP contribution in [0, 0.1) is 5.92 Å². The fraction of sp³-hybridized carbons (Fsp3) is 0.538. The Balaban J connectivity index is 2.19. The van der Waals surface area contributed by atoms with Gasteiger partial charge in [0.15, 0.2) is 11.5 Å². The summed E-state index contributed by atoms with van der Waals surface area (Å²) in [5.41, 5.74) is 6.93. The minimum absolute atomic E-state index is 0.359. The van der Waals surface area contributed by atoms with E-state index >= 15 is 0 Å². The highest BCUT2D eigenvalue weighted by Crippen LogP contribution is 2.38. The van der Waals surface area contributed by atoms with E-state index in [9.17, 15) is 5.11 Å². The molecule has 0 spiro atoms. The first-order valence-electron chi connectivity index (χ1n) is 5.83. The van der Waals surface area contributed by atoms with Crippen molar-refractivity contribution in [2.45, 2.75) is 25.0 Å². The van der Waals surface area contributed by atoms with Crippen molar-refractivity contribution in [1.82, 2.24) is 0 Å². The number of methoxy groups -OCH3 is 2. The Morgan fingerprint density at radius 1 is 1.24 bits per heavy atom. The molecule has 0 bridgehead atoms. The van der Waals surface area contributed by atoms with E-state index < -0.39 is 6.10 Å². The maximum absolute atomic E-state index is 10.0. The van der Waals surface area contributed by atoms with Crippen LogP contribution in [0.15, 0.2) is 18.2 Å². The Labute approximate surface area is 101 Å². The molecule has 2 rings (SSSR count). The highest BCUT2D eigenvalue weighted by atomic mass is 16.5. The number of nitrogens with two attached hydrogens (primary N) is 1. The zero-order chi connectivity index (χ0) is 12.4. The standard InChI is InChI=1S/C13H19NO3/c1-16-10-6-5-9(7-11(10)17-2)12(14)13(15)8-3-4-8/h5-8,12-13,15H,3-4,14H2,1-2H3/t12-,13+/m0/s1. The lowest BCUT2D eigenvalue weighted by Gasteiger charge is -2.20. The first kappa shape index (κ1) is 12.2. The molecule has 0 amide bonds. The molecule has 2 atom stereocenters. The van der Waals surface area contributed by atoms with Crippen LogP contribution in [0.3, 0.4) is 0 Å². The normalized spacial score (nSPS) is 18.6. The van der Waals surface area contributed by atoms with Crippen LogP contribution in [0.25, 0.3) is 0 Å². The first-order chi connectivity index (χ1) is 8.17. The minimum Gasteiger partial charge on any atom is -0.493 e. The van der Waals surface area contributed by atoms with Crippen LogP contribution < -0.4 is 15.2 Å². The fourth-order valence-corrected chi connectivity index (χ4v) is 1.99. The summed E-state index contributed by atoms with van der Waals surface area (Å²) in [6.45, 7) is 0. The molecule has 1 aliphatic rings. The highest BCUT2D eigenvalue weighted by Gasteiger charge is 2.34. The maximum atomic E-state index is 10.0. The lowest BCUT2D eigenvalue weighted by atomic mass is 9.99. The van der Waals surface area contributed by atoms with E-state index in [0.29, 0.717) is 17.4 Å². The molecule has 0 heterocycles. The Kier molecular flexibility index (Phi) is 3.54. The molecule has 1 fully saturated rings. The molecular formula is C13H19NO3. The van der Waals surface area contributed by atoms with Crippen LogP contribution in [0.4, 0.5) is 0 Å². The number of hydrogen-bond acceptors (Lipinski definition) is 4. The summed E-state index contributed by atoms with van der Waals surface area (Å²) in [7, 11) is 3.18. The Hall–Kier alpha value is -1.26. The van der Waals surface area contributed by atoms with E-state index in [4.69, 9.17) is 15.2 Å². The van der Waals surface area contributed by atoms with Gasteiger partial charge in [-0.2, -0.15) is 0 Å². The number of hydrogen-bond donors (Lipinski definition) is 2. The molecule has 0 aliphatic heterocycles. The van der Waals surface area contributed by atoms with E-state index in [1.165, 1.54) is 0 Å². The summed E-state index contributed by atoms with van der Waals surface area (Å²) >= 11 is 0. The monoisotopic (exact) mass is 237 g/mol. The van der Waals surface area contributed by atoms with E-state index in [1.807, 2.05) is 18.2 Å². The average molecular weight is 237 g/mol. The Morgan fingerprint density at radius 3 is 2.41 bits per heavy atom. The van der Waals surface area contributed by atoms with Gasteiger partial charge < -0.3 is 20.3 Å². The Bertz CT molecular complexity index is 390. The largest absolute Gasteiger partial charge is 0.493 e. The molecule has 1 saturated carbocycles. The SMILES string of the molecule is COc1ccc([C@H](N)[C@H](O)C2CC2)cc1OC. The Morgan fingerprint density at radius 2 is 1.88 bits per heavy atom. The predicted molar refractivity (Wildman–Crippen MR) is 65.2 cm³/mol. The topological polar surface area (TPSA) is 64.7 Å². The van der Waals surface area contributed by atoms with Gasteiger partial charge >= 0.3 is 0 Å². The third-order valence-corrected chi connectivity index (χ3v) is 3.27. The number of rotatable bonds is 5. The number of ether oxygens (including phenoxy) is 2. The van der Waals surface area contributed by atoms with Gasteiger partial charge in [0.2, 0.25) is 0 Å². The van der Waals surface area contributed by atoms with Gasteiger partial charge in [0.1, 0.15) is 0 Å². The van der Waals surface area contributed by atoms with E-state index in [1.54, 1.807) is 14.2 Å². The van der Waals surface area contributed by atoms with E-state index in [2.05, 4.69) is 0 Å². The number of aliphatic hydroxyl groups excluding tert-OH is 1. The van der Waals surface area contributed by atoms with Gasteiger partial charge in [-0.15, -0.1) is 0 Å². The molecular weight excluding hydrogens is 218 g/mol. The van der Waals surface area contributed by atoms with Gasteiger partial charge in [-0.05, 0) is 36.5 Å². The van der Waals surface area contributed by atoms with Gasteiger partial charge in [0, 0.05) is 0 Å². The molecule has 0 saturated heterocycles. The van der Waals surface area contributed by atoms with Crippen molar-refractivity contribution in [2.75, 3.05) is 14.2 Å². The van der Waals surface area contributed by atoms with Crippen LogP contribution in [0.1, 0.15) is 24.4 Å². The van der Waals surface area contributed by atoms with Crippen LogP contribution in [-0.4, -0.2) is 25.4 Å². The second-order valence-corrected chi connectivity index (χ2v) is 4.47. The molecule has 4 heteroatoms. The van der Waals surface area contributed by atoms with Crippen molar-refractivity contribution < 1.29 is 14.6 Å². The molecule has 94 valence electrons. The second-order valence-electron chi connectivity index (χ2n) is 4.47. The summed E-state index contributed by atoms with van der Waals surface area (Å²) in [6, 6.07) is 5.16. The van der Waals surface area contributed by atoms with Crippen molar-refractivity contribution in [3.63, 3.8) is 0 Å². The molecule has 0 unspecified atom stereocenters. The van der Waals surface area contributed by atoms with Crippen molar-refractivity contribution in [3.05, 3.63) is 23.8 Å². The van der Waals surface area contributed by atoms with E-state index in [-0.39, 0.29) is 6.04 Å². The first-order valence-corrected chi connectivity index (χ1v) is 5.83. The van der Waals surface area contributed by atoms with Crippen molar-refractivity contribution in [1.29, 1.82) is 0 Å². The average Bonchev–Trinajstić information content (AvgIpc) is 3.20. The van der Waals surface area contributed by atoms with Crippen LogP contribution in [-0.2, 0) is 0 Å². The molecule has 0 radical (unpaired) electrons.